The third kappa shape index (κ3) is 3.15. The summed E-state index contributed by atoms with van der Waals surface area (Å²) in [6.45, 7) is 4.30. The van der Waals surface area contributed by atoms with Gasteiger partial charge in [0.05, 0.1) is 5.52 Å². The van der Waals surface area contributed by atoms with Gasteiger partial charge in [0.2, 0.25) is 0 Å². The van der Waals surface area contributed by atoms with Gasteiger partial charge >= 0.3 is 0 Å². The van der Waals surface area contributed by atoms with Gasteiger partial charge in [0, 0.05) is 25.5 Å². The van der Waals surface area contributed by atoms with E-state index in [9.17, 15) is 0 Å². The van der Waals surface area contributed by atoms with Crippen molar-refractivity contribution in [3.05, 3.63) is 102 Å². The standard InChI is InChI=1S/C29H20N.Ir/c1-18-10-13-20(14-11-18)21-6-5-7-22(16-21)27-17-25-23-8-3-4-9-24(23)28-19(2)12-15-26(30-27)29(25)28;/h3-6,8-17H,1-2H3;/q-1;. The van der Waals surface area contributed by atoms with Gasteiger partial charge in [0.25, 0.3) is 0 Å². The fourth-order valence-corrected chi connectivity index (χ4v) is 4.61. The Labute approximate surface area is 196 Å². The molecule has 31 heavy (non-hydrogen) atoms. The molecular formula is C29H20IrN-. The number of fused-ring (bicyclic) bond motifs is 3. The van der Waals surface area contributed by atoms with Crippen LogP contribution in [0.2, 0.25) is 0 Å². The van der Waals surface area contributed by atoms with E-state index in [1.807, 2.05) is 6.07 Å². The fraction of sp³-hybridized carbons (Fsp3) is 0.0690. The predicted octanol–water partition coefficient (Wildman–Crippen LogP) is 7.63. The first-order chi connectivity index (χ1) is 14.7. The van der Waals surface area contributed by atoms with E-state index >= 15 is 0 Å². The minimum atomic E-state index is 0. The second kappa shape index (κ2) is 7.57. The van der Waals surface area contributed by atoms with E-state index in [1.165, 1.54) is 49.9 Å². The molecule has 5 aromatic rings. The van der Waals surface area contributed by atoms with Gasteiger partial charge in [0.1, 0.15) is 0 Å². The molecule has 0 saturated carbocycles. The van der Waals surface area contributed by atoms with Crippen LogP contribution in [0, 0.1) is 19.9 Å². The van der Waals surface area contributed by atoms with Crippen molar-refractivity contribution in [2.45, 2.75) is 13.8 Å². The normalized spacial score (nSPS) is 11.3. The number of rotatable bonds is 2. The zero-order chi connectivity index (χ0) is 20.2. The van der Waals surface area contributed by atoms with Gasteiger partial charge in [-0.3, -0.25) is 4.98 Å². The molecule has 0 spiro atoms. The number of benzene rings is 4. The first-order valence-electron chi connectivity index (χ1n) is 10.3. The van der Waals surface area contributed by atoms with Gasteiger partial charge in [-0.2, -0.15) is 0 Å². The van der Waals surface area contributed by atoms with Crippen molar-refractivity contribution in [3.8, 4) is 44.6 Å². The summed E-state index contributed by atoms with van der Waals surface area (Å²) in [6.07, 6.45) is 0. The minimum Gasteiger partial charge on any atom is -0.296 e. The molecule has 1 nitrogen and oxygen atoms in total. The van der Waals surface area contributed by atoms with Gasteiger partial charge in [0.15, 0.2) is 0 Å². The quantitative estimate of drug-likeness (QED) is 0.194. The maximum absolute atomic E-state index is 5.05. The van der Waals surface area contributed by atoms with Crippen molar-refractivity contribution in [2.24, 2.45) is 0 Å². The van der Waals surface area contributed by atoms with E-state index in [2.05, 4.69) is 98.8 Å². The van der Waals surface area contributed by atoms with E-state index < -0.39 is 0 Å². The largest absolute Gasteiger partial charge is 0.296 e. The van der Waals surface area contributed by atoms with Crippen LogP contribution in [0.1, 0.15) is 11.1 Å². The molecule has 1 aromatic heterocycles. The summed E-state index contributed by atoms with van der Waals surface area (Å²) in [5.41, 5.74) is 13.2. The number of hydrogen-bond acceptors (Lipinski definition) is 1. The molecule has 0 amide bonds. The Kier molecular flexibility index (Phi) is 4.85. The van der Waals surface area contributed by atoms with Crippen LogP contribution in [0.3, 0.4) is 0 Å². The van der Waals surface area contributed by atoms with E-state index in [4.69, 9.17) is 4.98 Å². The van der Waals surface area contributed by atoms with Crippen molar-refractivity contribution in [3.63, 3.8) is 0 Å². The number of pyridine rings is 1. The number of aryl methyl sites for hydroxylation is 2. The molecule has 0 aliphatic heterocycles. The van der Waals surface area contributed by atoms with Crippen LogP contribution in [-0.2, 0) is 20.1 Å². The molecule has 2 heteroatoms. The van der Waals surface area contributed by atoms with Crippen molar-refractivity contribution in [1.29, 1.82) is 0 Å². The predicted molar refractivity (Wildman–Crippen MR) is 125 cm³/mol. The number of aromatic nitrogens is 1. The average Bonchev–Trinajstić information content (AvgIpc) is 3.13. The summed E-state index contributed by atoms with van der Waals surface area (Å²) in [7, 11) is 0. The maximum Gasteiger partial charge on any atom is 0.0608 e. The van der Waals surface area contributed by atoms with Gasteiger partial charge < -0.3 is 0 Å². The molecular weight excluding hydrogens is 555 g/mol. The second-order valence-electron chi connectivity index (χ2n) is 8.11. The smallest absolute Gasteiger partial charge is 0.0608 e. The average molecular weight is 575 g/mol. The van der Waals surface area contributed by atoms with Crippen LogP contribution >= 0.6 is 0 Å². The zero-order valence-electron chi connectivity index (χ0n) is 17.4. The van der Waals surface area contributed by atoms with Crippen LogP contribution < -0.4 is 0 Å². The Morgan fingerprint density at radius 1 is 0.710 bits per heavy atom. The number of nitrogens with zero attached hydrogens (tertiary/aromatic N) is 1. The summed E-state index contributed by atoms with van der Waals surface area (Å²) < 4.78 is 0. The van der Waals surface area contributed by atoms with E-state index in [0.29, 0.717) is 0 Å². The fourth-order valence-electron chi connectivity index (χ4n) is 4.61. The third-order valence-electron chi connectivity index (χ3n) is 6.13. The van der Waals surface area contributed by atoms with Gasteiger partial charge in [-0.15, -0.1) is 35.4 Å². The monoisotopic (exact) mass is 575 g/mol. The van der Waals surface area contributed by atoms with Crippen LogP contribution in [0.5, 0.6) is 0 Å². The molecule has 4 aromatic carbocycles. The second-order valence-corrected chi connectivity index (χ2v) is 8.11. The molecule has 1 heterocycles. The third-order valence-corrected chi connectivity index (χ3v) is 6.13. The Hall–Kier alpha value is -3.06. The molecule has 6 rings (SSSR count). The molecule has 0 atom stereocenters. The topological polar surface area (TPSA) is 12.9 Å². The molecule has 0 unspecified atom stereocenters. The molecule has 1 radical (unpaired) electrons. The molecule has 151 valence electrons. The van der Waals surface area contributed by atoms with Crippen LogP contribution in [0.15, 0.2) is 84.9 Å². The summed E-state index contributed by atoms with van der Waals surface area (Å²) in [4.78, 5) is 5.05. The van der Waals surface area contributed by atoms with Crippen molar-refractivity contribution >= 4 is 10.9 Å². The molecule has 0 fully saturated rings. The Balaban J connectivity index is 0.00000204. The van der Waals surface area contributed by atoms with Crippen molar-refractivity contribution < 1.29 is 20.1 Å². The molecule has 0 N–H and O–H groups in total. The van der Waals surface area contributed by atoms with Gasteiger partial charge in [-0.1, -0.05) is 66.2 Å². The van der Waals surface area contributed by atoms with Crippen LogP contribution in [-0.4, -0.2) is 4.98 Å². The SMILES string of the molecule is Cc1ccc(-c2cc[c-]c(-c3cc4c5c(c(C)ccc5n3)-c3ccccc3-4)c2)cc1.[Ir]. The Bertz CT molecular complexity index is 1450. The number of hydrogen-bond donors (Lipinski definition) is 0. The summed E-state index contributed by atoms with van der Waals surface area (Å²) in [5, 5.41) is 1.27. The summed E-state index contributed by atoms with van der Waals surface area (Å²) in [6, 6.07) is 33.6. The minimum absolute atomic E-state index is 0. The van der Waals surface area contributed by atoms with E-state index in [1.54, 1.807) is 0 Å². The molecule has 1 aliphatic rings. The summed E-state index contributed by atoms with van der Waals surface area (Å²) >= 11 is 0. The van der Waals surface area contributed by atoms with Crippen molar-refractivity contribution in [1.82, 2.24) is 4.98 Å². The summed E-state index contributed by atoms with van der Waals surface area (Å²) in [5.74, 6) is 0. The van der Waals surface area contributed by atoms with Crippen LogP contribution in [0.25, 0.3) is 55.5 Å². The van der Waals surface area contributed by atoms with E-state index in [-0.39, 0.29) is 20.1 Å². The molecule has 0 bridgehead atoms. The first kappa shape index (κ1) is 19.9. The maximum atomic E-state index is 5.05. The van der Waals surface area contributed by atoms with Gasteiger partial charge in [-0.25, -0.2) is 0 Å². The zero-order valence-corrected chi connectivity index (χ0v) is 19.8. The van der Waals surface area contributed by atoms with Crippen LogP contribution in [0.4, 0.5) is 0 Å². The van der Waals surface area contributed by atoms with E-state index in [0.717, 1.165) is 16.8 Å². The van der Waals surface area contributed by atoms with Crippen molar-refractivity contribution in [2.75, 3.05) is 0 Å². The van der Waals surface area contributed by atoms with Gasteiger partial charge in [-0.05, 0) is 59.0 Å². The molecule has 1 aliphatic carbocycles. The Morgan fingerprint density at radius 3 is 2.29 bits per heavy atom. The Morgan fingerprint density at radius 2 is 1.48 bits per heavy atom. The first-order valence-corrected chi connectivity index (χ1v) is 10.3. The molecule has 0 saturated heterocycles.